The lowest BCUT2D eigenvalue weighted by atomic mass is 9.99. The fourth-order valence-electron chi connectivity index (χ4n) is 3.13. The first-order chi connectivity index (χ1) is 12.7. The second-order valence-corrected chi connectivity index (χ2v) is 6.46. The SMILES string of the molecule is CO[C@@H]1O[C@@H](C)[C@@H](OCc2ccccc2)[C@@H](O)[C@@H]1OCc1ccccc1. The largest absolute Gasteiger partial charge is 0.387 e. The summed E-state index contributed by atoms with van der Waals surface area (Å²) in [6.45, 7) is 2.64. The second kappa shape index (κ2) is 9.26. The van der Waals surface area contributed by atoms with Crippen LogP contribution in [0.3, 0.4) is 0 Å². The number of benzene rings is 2. The Morgan fingerprint density at radius 1 is 0.846 bits per heavy atom. The average Bonchev–Trinajstić information content (AvgIpc) is 2.68. The zero-order valence-corrected chi connectivity index (χ0v) is 15.2. The van der Waals surface area contributed by atoms with Crippen LogP contribution in [0.2, 0.25) is 0 Å². The molecule has 0 unspecified atom stereocenters. The number of hydrogen-bond donors (Lipinski definition) is 1. The number of methoxy groups -OCH3 is 1. The molecule has 5 heteroatoms. The summed E-state index contributed by atoms with van der Waals surface area (Å²) in [5, 5.41) is 10.8. The van der Waals surface area contributed by atoms with Gasteiger partial charge in [-0.3, -0.25) is 0 Å². The molecule has 0 bridgehead atoms. The van der Waals surface area contributed by atoms with Crippen LogP contribution in [0.25, 0.3) is 0 Å². The molecule has 1 saturated heterocycles. The van der Waals surface area contributed by atoms with Gasteiger partial charge in [-0.2, -0.15) is 0 Å². The van der Waals surface area contributed by atoms with Gasteiger partial charge < -0.3 is 24.1 Å². The fourth-order valence-corrected chi connectivity index (χ4v) is 3.13. The number of aliphatic hydroxyl groups is 1. The molecule has 0 radical (unpaired) electrons. The summed E-state index contributed by atoms with van der Waals surface area (Å²) < 4.78 is 23.2. The van der Waals surface area contributed by atoms with Crippen molar-refractivity contribution in [2.24, 2.45) is 0 Å². The van der Waals surface area contributed by atoms with E-state index in [1.165, 1.54) is 0 Å². The van der Waals surface area contributed by atoms with Crippen molar-refractivity contribution < 1.29 is 24.1 Å². The molecule has 3 rings (SSSR count). The van der Waals surface area contributed by atoms with Crippen LogP contribution in [-0.2, 0) is 32.2 Å². The molecule has 1 N–H and O–H groups in total. The first-order valence-corrected chi connectivity index (χ1v) is 8.86. The molecule has 2 aromatic rings. The lowest BCUT2D eigenvalue weighted by molar-refractivity contribution is -0.305. The Morgan fingerprint density at radius 2 is 1.35 bits per heavy atom. The van der Waals surface area contributed by atoms with E-state index in [1.807, 2.05) is 67.6 Å². The summed E-state index contributed by atoms with van der Waals surface area (Å²) in [6.07, 6.45) is -2.92. The summed E-state index contributed by atoms with van der Waals surface area (Å²) in [7, 11) is 1.55. The monoisotopic (exact) mass is 358 g/mol. The first-order valence-electron chi connectivity index (χ1n) is 8.86. The number of hydrogen-bond acceptors (Lipinski definition) is 5. The van der Waals surface area contributed by atoms with Gasteiger partial charge in [-0.25, -0.2) is 0 Å². The summed E-state index contributed by atoms with van der Waals surface area (Å²) in [4.78, 5) is 0. The van der Waals surface area contributed by atoms with Crippen molar-refractivity contribution in [3.05, 3.63) is 71.8 Å². The average molecular weight is 358 g/mol. The minimum absolute atomic E-state index is 0.310. The van der Waals surface area contributed by atoms with Crippen LogP contribution in [0.5, 0.6) is 0 Å². The maximum Gasteiger partial charge on any atom is 0.186 e. The highest BCUT2D eigenvalue weighted by atomic mass is 16.7. The van der Waals surface area contributed by atoms with Crippen molar-refractivity contribution in [1.82, 2.24) is 0 Å². The van der Waals surface area contributed by atoms with Gasteiger partial charge in [0, 0.05) is 7.11 Å². The molecular formula is C21H26O5. The van der Waals surface area contributed by atoms with Gasteiger partial charge in [-0.1, -0.05) is 60.7 Å². The van der Waals surface area contributed by atoms with Crippen LogP contribution >= 0.6 is 0 Å². The van der Waals surface area contributed by atoms with Gasteiger partial charge in [0.1, 0.15) is 18.3 Å². The van der Waals surface area contributed by atoms with E-state index >= 15 is 0 Å². The third-order valence-electron chi connectivity index (χ3n) is 4.56. The third kappa shape index (κ3) is 4.69. The van der Waals surface area contributed by atoms with Crippen molar-refractivity contribution in [2.75, 3.05) is 7.11 Å². The highest BCUT2D eigenvalue weighted by Crippen LogP contribution is 2.27. The smallest absolute Gasteiger partial charge is 0.186 e. The van der Waals surface area contributed by atoms with Crippen LogP contribution in [0.4, 0.5) is 0 Å². The third-order valence-corrected chi connectivity index (χ3v) is 4.56. The zero-order valence-electron chi connectivity index (χ0n) is 15.2. The topological polar surface area (TPSA) is 57.2 Å². The van der Waals surface area contributed by atoms with E-state index < -0.39 is 24.6 Å². The molecule has 5 nitrogen and oxygen atoms in total. The van der Waals surface area contributed by atoms with E-state index in [0.29, 0.717) is 13.2 Å². The van der Waals surface area contributed by atoms with E-state index in [2.05, 4.69) is 0 Å². The number of ether oxygens (including phenoxy) is 4. The molecule has 0 saturated carbocycles. The molecule has 1 heterocycles. The van der Waals surface area contributed by atoms with Gasteiger partial charge >= 0.3 is 0 Å². The van der Waals surface area contributed by atoms with E-state index in [4.69, 9.17) is 18.9 Å². The number of rotatable bonds is 7. The van der Waals surface area contributed by atoms with E-state index in [9.17, 15) is 5.11 Å². The Hall–Kier alpha value is -1.76. The molecule has 0 aliphatic carbocycles. The molecule has 1 fully saturated rings. The minimum Gasteiger partial charge on any atom is -0.387 e. The molecule has 26 heavy (non-hydrogen) atoms. The quantitative estimate of drug-likeness (QED) is 0.825. The van der Waals surface area contributed by atoms with Crippen molar-refractivity contribution in [2.45, 2.75) is 50.8 Å². The number of aliphatic hydroxyl groups excluding tert-OH is 1. The summed E-state index contributed by atoms with van der Waals surface area (Å²) in [5.41, 5.74) is 2.07. The van der Waals surface area contributed by atoms with Gasteiger partial charge in [-0.15, -0.1) is 0 Å². The molecule has 5 atom stereocenters. The van der Waals surface area contributed by atoms with Crippen LogP contribution < -0.4 is 0 Å². The van der Waals surface area contributed by atoms with Gasteiger partial charge in [0.2, 0.25) is 0 Å². The van der Waals surface area contributed by atoms with E-state index in [1.54, 1.807) is 7.11 Å². The zero-order chi connectivity index (χ0) is 18.4. The van der Waals surface area contributed by atoms with Crippen molar-refractivity contribution >= 4 is 0 Å². The Labute approximate surface area is 154 Å². The molecule has 1 aliphatic rings. The fraction of sp³-hybridized carbons (Fsp3) is 0.429. The Balaban J connectivity index is 1.64. The first kappa shape index (κ1) is 19.0. The maximum atomic E-state index is 10.8. The van der Waals surface area contributed by atoms with Gasteiger partial charge in [0.15, 0.2) is 6.29 Å². The molecule has 0 spiro atoms. The summed E-state index contributed by atoms with van der Waals surface area (Å²) >= 11 is 0. The Kier molecular flexibility index (Phi) is 6.77. The molecule has 140 valence electrons. The highest BCUT2D eigenvalue weighted by Gasteiger charge is 2.45. The highest BCUT2D eigenvalue weighted by molar-refractivity contribution is 5.14. The van der Waals surface area contributed by atoms with Crippen LogP contribution in [-0.4, -0.2) is 42.9 Å². The standard InChI is InChI=1S/C21H26O5/c1-15-19(24-13-16-9-5-3-6-10-16)18(22)20(21(23-2)26-15)25-14-17-11-7-4-8-12-17/h3-12,15,18-22H,13-14H2,1-2H3/t15-,18+,19+,20-,21+/m0/s1. The van der Waals surface area contributed by atoms with Crippen LogP contribution in [0.15, 0.2) is 60.7 Å². The second-order valence-electron chi connectivity index (χ2n) is 6.46. The molecule has 0 aromatic heterocycles. The van der Waals surface area contributed by atoms with Crippen LogP contribution in [0, 0.1) is 0 Å². The maximum absolute atomic E-state index is 10.8. The lowest BCUT2D eigenvalue weighted by Crippen LogP contribution is -2.58. The lowest BCUT2D eigenvalue weighted by Gasteiger charge is -2.42. The Morgan fingerprint density at radius 3 is 1.85 bits per heavy atom. The van der Waals surface area contributed by atoms with Gasteiger partial charge in [0.25, 0.3) is 0 Å². The molecule has 2 aromatic carbocycles. The van der Waals surface area contributed by atoms with Gasteiger partial charge in [0.05, 0.1) is 19.3 Å². The van der Waals surface area contributed by atoms with Crippen molar-refractivity contribution in [3.8, 4) is 0 Å². The normalized spacial score (nSPS) is 28.8. The summed E-state index contributed by atoms with van der Waals surface area (Å²) in [6, 6.07) is 19.7. The van der Waals surface area contributed by atoms with Crippen molar-refractivity contribution in [3.63, 3.8) is 0 Å². The minimum atomic E-state index is -0.851. The molecule has 1 aliphatic heterocycles. The molecule has 0 amide bonds. The predicted octanol–water partition coefficient (Wildman–Crippen LogP) is 2.91. The van der Waals surface area contributed by atoms with Gasteiger partial charge in [-0.05, 0) is 18.1 Å². The van der Waals surface area contributed by atoms with Crippen molar-refractivity contribution in [1.29, 1.82) is 0 Å². The summed E-state index contributed by atoms with van der Waals surface area (Å²) in [5.74, 6) is 0. The van der Waals surface area contributed by atoms with Crippen LogP contribution in [0.1, 0.15) is 18.1 Å². The Bertz CT molecular complexity index is 648. The van der Waals surface area contributed by atoms with E-state index in [0.717, 1.165) is 11.1 Å². The molecular weight excluding hydrogens is 332 g/mol. The van der Waals surface area contributed by atoms with E-state index in [-0.39, 0.29) is 6.10 Å². The predicted molar refractivity (Wildman–Crippen MR) is 97.4 cm³/mol.